The number of allylic oxidation sites excluding steroid dienone is 2. The van der Waals surface area contributed by atoms with E-state index in [1.165, 1.54) is 0 Å². The van der Waals surface area contributed by atoms with Crippen molar-refractivity contribution in [3.05, 3.63) is 54.8 Å². The van der Waals surface area contributed by atoms with Crippen LogP contribution < -0.4 is 4.72 Å². The Balaban J connectivity index is 2.81. The summed E-state index contributed by atoms with van der Waals surface area (Å²) >= 11 is 0. The molecule has 3 nitrogen and oxygen atoms in total. The molecule has 1 aromatic rings. The number of nitrogens with one attached hydrogen (secondary N) is 1. The average molecular weight is 237 g/mol. The third-order valence-corrected chi connectivity index (χ3v) is 3.30. The van der Waals surface area contributed by atoms with Gasteiger partial charge in [0, 0.05) is 5.70 Å². The van der Waals surface area contributed by atoms with Gasteiger partial charge >= 0.3 is 0 Å². The summed E-state index contributed by atoms with van der Waals surface area (Å²) in [6.45, 7) is 5.59. The van der Waals surface area contributed by atoms with Crippen LogP contribution in [0.3, 0.4) is 0 Å². The summed E-state index contributed by atoms with van der Waals surface area (Å²) in [5, 5.41) is 0. The highest BCUT2D eigenvalue weighted by Gasteiger charge is 2.12. The van der Waals surface area contributed by atoms with Gasteiger partial charge in [0.15, 0.2) is 0 Å². The molecule has 4 heteroatoms. The lowest BCUT2D eigenvalue weighted by molar-refractivity contribution is 0.589. The Morgan fingerprint density at radius 1 is 1.38 bits per heavy atom. The van der Waals surface area contributed by atoms with E-state index in [4.69, 9.17) is 0 Å². The van der Waals surface area contributed by atoms with Crippen LogP contribution in [0.15, 0.2) is 59.7 Å². The molecule has 0 spiro atoms. The summed E-state index contributed by atoms with van der Waals surface area (Å²) < 4.78 is 26.0. The summed E-state index contributed by atoms with van der Waals surface area (Å²) in [7, 11) is -3.49. The zero-order valence-corrected chi connectivity index (χ0v) is 10.00. The maximum Gasteiger partial charge on any atom is 0.261 e. The Labute approximate surface area is 96.6 Å². The number of hydrogen-bond donors (Lipinski definition) is 1. The highest BCUT2D eigenvalue weighted by Crippen LogP contribution is 2.08. The van der Waals surface area contributed by atoms with Crippen LogP contribution in [0.5, 0.6) is 0 Å². The van der Waals surface area contributed by atoms with Crippen molar-refractivity contribution in [3.8, 4) is 0 Å². The average Bonchev–Trinajstić information content (AvgIpc) is 2.27. The molecule has 0 radical (unpaired) electrons. The first-order valence-corrected chi connectivity index (χ1v) is 6.48. The minimum atomic E-state index is -3.49. The van der Waals surface area contributed by atoms with Gasteiger partial charge in [0.1, 0.15) is 0 Å². The summed E-state index contributed by atoms with van der Waals surface area (Å²) in [6, 6.07) is 8.21. The predicted molar refractivity (Wildman–Crippen MR) is 65.3 cm³/mol. The fraction of sp³-hybridized carbons (Fsp3) is 0.167. The van der Waals surface area contributed by atoms with Gasteiger partial charge in [-0.05, 0) is 24.6 Å². The van der Waals surface area contributed by atoms with Gasteiger partial charge in [0.2, 0.25) is 0 Å². The lowest BCUT2D eigenvalue weighted by Gasteiger charge is -2.07. The summed E-state index contributed by atoms with van der Waals surface area (Å²) in [5.41, 5.74) is 0.366. The minimum Gasteiger partial charge on any atom is -0.280 e. The van der Waals surface area contributed by atoms with E-state index >= 15 is 0 Å². The van der Waals surface area contributed by atoms with E-state index in [2.05, 4.69) is 11.3 Å². The van der Waals surface area contributed by atoms with Gasteiger partial charge in [-0.2, -0.15) is 0 Å². The van der Waals surface area contributed by atoms with Crippen molar-refractivity contribution in [3.63, 3.8) is 0 Å². The summed E-state index contributed by atoms with van der Waals surface area (Å²) in [4.78, 5) is 0.237. The second-order valence-corrected chi connectivity index (χ2v) is 4.94. The fourth-order valence-corrected chi connectivity index (χ4v) is 2.17. The molecular formula is C12H15NO2S. The molecule has 86 valence electrons. The van der Waals surface area contributed by atoms with Gasteiger partial charge in [0.25, 0.3) is 10.0 Å². The van der Waals surface area contributed by atoms with Gasteiger partial charge in [-0.3, -0.25) is 4.72 Å². The Morgan fingerprint density at radius 3 is 2.56 bits per heavy atom. The number of hydrogen-bond acceptors (Lipinski definition) is 2. The Bertz CT molecular complexity index is 475. The maximum absolute atomic E-state index is 11.8. The zero-order chi connectivity index (χ0) is 12.0. The molecule has 0 saturated heterocycles. The highest BCUT2D eigenvalue weighted by atomic mass is 32.2. The van der Waals surface area contributed by atoms with Crippen molar-refractivity contribution in [2.24, 2.45) is 0 Å². The smallest absolute Gasteiger partial charge is 0.261 e. The van der Waals surface area contributed by atoms with E-state index in [-0.39, 0.29) is 4.90 Å². The monoisotopic (exact) mass is 237 g/mol. The molecule has 0 atom stereocenters. The van der Waals surface area contributed by atoms with Crippen molar-refractivity contribution in [1.29, 1.82) is 0 Å². The quantitative estimate of drug-likeness (QED) is 0.799. The molecule has 16 heavy (non-hydrogen) atoms. The maximum atomic E-state index is 11.8. The third-order valence-electron chi connectivity index (χ3n) is 1.87. The largest absolute Gasteiger partial charge is 0.280 e. The second-order valence-electron chi connectivity index (χ2n) is 3.25. The summed E-state index contributed by atoms with van der Waals surface area (Å²) in [5.74, 6) is 0. The van der Waals surface area contributed by atoms with E-state index in [1.54, 1.807) is 36.4 Å². The van der Waals surface area contributed by atoms with Crippen molar-refractivity contribution in [1.82, 2.24) is 4.72 Å². The first-order valence-electron chi connectivity index (χ1n) is 4.99. The number of sulfonamides is 1. The normalized spacial score (nSPS) is 11.6. The molecule has 1 aromatic carbocycles. The van der Waals surface area contributed by atoms with E-state index < -0.39 is 10.0 Å². The molecule has 0 aliphatic carbocycles. The van der Waals surface area contributed by atoms with Gasteiger partial charge in [0.05, 0.1) is 4.90 Å². The van der Waals surface area contributed by atoms with Crippen LogP contribution in [0.4, 0.5) is 0 Å². The molecule has 0 unspecified atom stereocenters. The van der Waals surface area contributed by atoms with Crippen LogP contribution in [0.1, 0.15) is 13.3 Å². The van der Waals surface area contributed by atoms with Gasteiger partial charge in [-0.25, -0.2) is 8.42 Å². The molecule has 1 rings (SSSR count). The first-order chi connectivity index (χ1) is 7.56. The molecule has 0 fully saturated rings. The first kappa shape index (κ1) is 12.5. The molecule has 0 bridgehead atoms. The van der Waals surface area contributed by atoms with Crippen LogP contribution in [0.2, 0.25) is 0 Å². The molecular weight excluding hydrogens is 222 g/mol. The fourth-order valence-electron chi connectivity index (χ4n) is 1.13. The SMILES string of the molecule is C=C(/C=C\CC)NS(=O)(=O)c1ccccc1. The predicted octanol–water partition coefficient (Wildman–Crippen LogP) is 2.44. The van der Waals surface area contributed by atoms with E-state index in [0.29, 0.717) is 5.70 Å². The van der Waals surface area contributed by atoms with E-state index in [0.717, 1.165) is 6.42 Å². The lowest BCUT2D eigenvalue weighted by Crippen LogP contribution is -2.21. The molecule has 0 aliphatic heterocycles. The zero-order valence-electron chi connectivity index (χ0n) is 9.18. The van der Waals surface area contributed by atoms with Crippen LogP contribution in [-0.4, -0.2) is 8.42 Å². The van der Waals surface area contributed by atoms with Crippen molar-refractivity contribution in [2.75, 3.05) is 0 Å². The number of rotatable bonds is 5. The van der Waals surface area contributed by atoms with E-state index in [1.807, 2.05) is 13.0 Å². The molecule has 0 aromatic heterocycles. The van der Waals surface area contributed by atoms with Gasteiger partial charge < -0.3 is 0 Å². The van der Waals surface area contributed by atoms with Gasteiger partial charge in [-0.15, -0.1) is 0 Å². The minimum absolute atomic E-state index is 0.237. The molecule has 0 amide bonds. The Kier molecular flexibility index (Phi) is 4.31. The van der Waals surface area contributed by atoms with Crippen LogP contribution in [0, 0.1) is 0 Å². The lowest BCUT2D eigenvalue weighted by atomic mass is 10.4. The Hall–Kier alpha value is -1.55. The Morgan fingerprint density at radius 2 is 2.00 bits per heavy atom. The third kappa shape index (κ3) is 3.55. The van der Waals surface area contributed by atoms with Crippen molar-refractivity contribution in [2.45, 2.75) is 18.2 Å². The molecule has 0 heterocycles. The van der Waals surface area contributed by atoms with Crippen molar-refractivity contribution < 1.29 is 8.42 Å². The highest BCUT2D eigenvalue weighted by molar-refractivity contribution is 7.89. The molecule has 0 aliphatic rings. The van der Waals surface area contributed by atoms with Crippen LogP contribution in [0.25, 0.3) is 0 Å². The van der Waals surface area contributed by atoms with Crippen molar-refractivity contribution >= 4 is 10.0 Å². The van der Waals surface area contributed by atoms with Crippen LogP contribution >= 0.6 is 0 Å². The second kappa shape index (κ2) is 5.51. The number of benzene rings is 1. The topological polar surface area (TPSA) is 46.2 Å². The molecule has 1 N–H and O–H groups in total. The summed E-state index contributed by atoms with van der Waals surface area (Å²) in [6.07, 6.45) is 4.34. The molecule has 0 saturated carbocycles. The van der Waals surface area contributed by atoms with Gasteiger partial charge in [-0.1, -0.05) is 37.8 Å². The van der Waals surface area contributed by atoms with Crippen LogP contribution in [-0.2, 0) is 10.0 Å². The van der Waals surface area contributed by atoms with E-state index in [9.17, 15) is 8.42 Å². The standard InChI is InChI=1S/C12H15NO2S/c1-3-4-8-11(2)13-16(14,15)12-9-6-5-7-10-12/h4-10,13H,2-3H2,1H3/b8-4-.